The number of nitrogens with zero attached hydrogens (tertiary/aromatic N) is 4. The summed E-state index contributed by atoms with van der Waals surface area (Å²) < 4.78 is 2.70. The molecular formula is C23H28BrN6OP. The minimum absolute atomic E-state index is 0.652. The number of hydrogen-bond donors (Lipinski definition) is 2. The number of likely N-dealkylation sites (tertiary alicyclic amines) is 1. The monoisotopic (exact) mass is 514 g/mol. The summed E-state index contributed by atoms with van der Waals surface area (Å²) in [6.07, 6.45) is 8.09. The molecule has 0 aliphatic carbocycles. The van der Waals surface area contributed by atoms with Gasteiger partial charge in [0, 0.05) is 18.5 Å². The number of fused-ring (bicyclic) bond motifs is 1. The smallest absolute Gasteiger partial charge is 0.211 e. The van der Waals surface area contributed by atoms with Gasteiger partial charge in [-0.05, 0) is 73.9 Å². The number of allylic oxidation sites excluding steroid dienone is 2. The lowest BCUT2D eigenvalue weighted by molar-refractivity contribution is -0.105. The molecule has 0 bridgehead atoms. The first-order valence-corrected chi connectivity index (χ1v) is 12.7. The summed E-state index contributed by atoms with van der Waals surface area (Å²) in [6.45, 7) is 6.75. The Bertz CT molecular complexity index is 1170. The molecule has 5 rings (SSSR count). The molecule has 3 aromatic rings. The van der Waals surface area contributed by atoms with E-state index in [1.807, 2.05) is 32.2 Å². The van der Waals surface area contributed by atoms with E-state index in [-0.39, 0.29) is 0 Å². The van der Waals surface area contributed by atoms with Gasteiger partial charge in [0.05, 0.1) is 21.2 Å². The summed E-state index contributed by atoms with van der Waals surface area (Å²) in [7, 11) is 2.86. The standard InChI is InChI=1S/C13H12BrN5O.C10H16NP/c1-7-11(14)12(19(2)18-7)13-16-9-4-3-8(15-6-20)5-10(9)17-13;1-9-4-5-10(12-8-9)11-6-2-3-7-11/h3-6H,1-2H3,(H,15,20)(H,16,17);4-5,8,10,12H,2-3,6-7H2,1H3. The average molecular weight is 515 g/mol. The maximum Gasteiger partial charge on any atom is 0.211 e. The minimum Gasteiger partial charge on any atom is -0.337 e. The first kappa shape index (κ1) is 22.9. The predicted octanol–water partition coefficient (Wildman–Crippen LogP) is 5.16. The number of nitrogens with one attached hydrogen (secondary N) is 2. The van der Waals surface area contributed by atoms with Crippen LogP contribution in [0.4, 0.5) is 5.69 Å². The lowest BCUT2D eigenvalue weighted by Crippen LogP contribution is -2.27. The van der Waals surface area contributed by atoms with Gasteiger partial charge < -0.3 is 10.3 Å². The van der Waals surface area contributed by atoms with Gasteiger partial charge in [0.2, 0.25) is 6.41 Å². The first-order valence-electron chi connectivity index (χ1n) is 10.7. The van der Waals surface area contributed by atoms with Gasteiger partial charge >= 0.3 is 0 Å². The fourth-order valence-electron chi connectivity index (χ4n) is 3.98. The second kappa shape index (κ2) is 10.1. The Morgan fingerprint density at radius 1 is 1.28 bits per heavy atom. The van der Waals surface area contributed by atoms with Crippen molar-refractivity contribution >= 4 is 47.6 Å². The summed E-state index contributed by atoms with van der Waals surface area (Å²) >= 11 is 3.53. The Morgan fingerprint density at radius 2 is 2.06 bits per heavy atom. The van der Waals surface area contributed by atoms with E-state index in [2.05, 4.69) is 66.1 Å². The van der Waals surface area contributed by atoms with Crippen LogP contribution in [0.3, 0.4) is 0 Å². The number of amides is 1. The van der Waals surface area contributed by atoms with Gasteiger partial charge in [-0.25, -0.2) is 4.98 Å². The van der Waals surface area contributed by atoms with Crippen LogP contribution in [0.1, 0.15) is 25.5 Å². The molecule has 1 amide bonds. The quantitative estimate of drug-likeness (QED) is 0.372. The van der Waals surface area contributed by atoms with Crippen LogP contribution in [-0.4, -0.2) is 49.9 Å². The third kappa shape index (κ3) is 5.03. The molecule has 2 unspecified atom stereocenters. The van der Waals surface area contributed by atoms with Crippen molar-refractivity contribution in [2.45, 2.75) is 32.5 Å². The van der Waals surface area contributed by atoms with Crippen LogP contribution in [0.15, 0.2) is 46.2 Å². The number of hydrogen-bond acceptors (Lipinski definition) is 4. The van der Waals surface area contributed by atoms with Crippen molar-refractivity contribution in [3.8, 4) is 11.5 Å². The highest BCUT2D eigenvalue weighted by molar-refractivity contribution is 9.10. The van der Waals surface area contributed by atoms with Gasteiger partial charge in [-0.2, -0.15) is 5.10 Å². The maximum atomic E-state index is 10.5. The number of aromatic amines is 1. The van der Waals surface area contributed by atoms with Gasteiger partial charge in [0.1, 0.15) is 5.69 Å². The normalized spacial score (nSPS) is 19.1. The molecule has 2 aliphatic rings. The van der Waals surface area contributed by atoms with E-state index in [4.69, 9.17) is 0 Å². The second-order valence-corrected chi connectivity index (χ2v) is 10.1. The van der Waals surface area contributed by atoms with Crippen molar-refractivity contribution in [3.05, 3.63) is 51.9 Å². The number of benzene rings is 1. The first-order chi connectivity index (χ1) is 15.5. The highest BCUT2D eigenvalue weighted by atomic mass is 79.9. The number of aryl methyl sites for hydroxylation is 2. The molecule has 0 radical (unpaired) electrons. The van der Waals surface area contributed by atoms with Crippen LogP contribution in [0.25, 0.3) is 22.6 Å². The topological polar surface area (TPSA) is 78.8 Å². The van der Waals surface area contributed by atoms with Gasteiger partial charge in [0.25, 0.3) is 0 Å². The number of rotatable bonds is 4. The van der Waals surface area contributed by atoms with Crippen molar-refractivity contribution in [3.63, 3.8) is 0 Å². The Morgan fingerprint density at radius 3 is 2.69 bits per heavy atom. The average Bonchev–Trinajstić information content (AvgIpc) is 3.49. The molecule has 2 aliphatic heterocycles. The number of H-pyrrole nitrogens is 1. The van der Waals surface area contributed by atoms with E-state index >= 15 is 0 Å². The largest absolute Gasteiger partial charge is 0.337 e. The lowest BCUT2D eigenvalue weighted by atomic mass is 10.3. The molecule has 0 saturated carbocycles. The van der Waals surface area contributed by atoms with Crippen molar-refractivity contribution in [1.82, 2.24) is 24.6 Å². The zero-order valence-electron chi connectivity index (χ0n) is 18.5. The Hall–Kier alpha value is -2.28. The third-order valence-electron chi connectivity index (χ3n) is 5.64. The molecule has 32 heavy (non-hydrogen) atoms. The molecule has 1 fully saturated rings. The molecule has 2 N–H and O–H groups in total. The van der Waals surface area contributed by atoms with E-state index in [0.717, 1.165) is 52.8 Å². The highest BCUT2D eigenvalue weighted by Gasteiger charge is 2.20. The van der Waals surface area contributed by atoms with Crippen LogP contribution >= 0.6 is 24.5 Å². The van der Waals surface area contributed by atoms with Crippen molar-refractivity contribution in [2.75, 3.05) is 18.4 Å². The molecule has 7 nitrogen and oxygen atoms in total. The Labute approximate surface area is 198 Å². The van der Waals surface area contributed by atoms with E-state index in [0.29, 0.717) is 6.41 Å². The van der Waals surface area contributed by atoms with Crippen LogP contribution < -0.4 is 5.32 Å². The number of imidazole rings is 1. The van der Waals surface area contributed by atoms with E-state index in [9.17, 15) is 4.79 Å². The molecule has 9 heteroatoms. The van der Waals surface area contributed by atoms with Crippen LogP contribution in [0, 0.1) is 6.92 Å². The number of carbonyl (C=O) groups is 1. The molecule has 1 aromatic carbocycles. The van der Waals surface area contributed by atoms with Crippen molar-refractivity contribution in [2.24, 2.45) is 7.05 Å². The summed E-state index contributed by atoms with van der Waals surface area (Å²) in [6, 6.07) is 5.51. The third-order valence-corrected chi connectivity index (χ3v) is 8.11. The SMILES string of the molecule is CC1=CPC(N2CCCC2)C=C1.Cc1nn(C)c(-c2nc3ccc(NC=O)cc3[nH]2)c1Br. The van der Waals surface area contributed by atoms with Crippen LogP contribution in [0.5, 0.6) is 0 Å². The molecule has 168 valence electrons. The molecule has 0 spiro atoms. The lowest BCUT2D eigenvalue weighted by Gasteiger charge is -2.25. The number of carbonyl (C=O) groups excluding carboxylic acids is 1. The van der Waals surface area contributed by atoms with Gasteiger partial charge in [-0.3, -0.25) is 14.4 Å². The Balaban J connectivity index is 0.000000174. The van der Waals surface area contributed by atoms with Crippen LogP contribution in [-0.2, 0) is 11.8 Å². The molecular weight excluding hydrogens is 487 g/mol. The van der Waals surface area contributed by atoms with Gasteiger partial charge in [0.15, 0.2) is 5.82 Å². The fraction of sp³-hybridized carbons (Fsp3) is 0.348. The minimum atomic E-state index is 0.652. The van der Waals surface area contributed by atoms with Crippen LogP contribution in [0.2, 0.25) is 0 Å². The van der Waals surface area contributed by atoms with Gasteiger partial charge in [-0.15, -0.1) is 0 Å². The van der Waals surface area contributed by atoms with Crippen molar-refractivity contribution in [1.29, 1.82) is 0 Å². The molecule has 4 heterocycles. The fourth-order valence-corrected chi connectivity index (χ4v) is 5.71. The number of aromatic nitrogens is 4. The summed E-state index contributed by atoms with van der Waals surface area (Å²) in [4.78, 5) is 20.9. The zero-order valence-corrected chi connectivity index (χ0v) is 21.1. The maximum absolute atomic E-state index is 10.5. The highest BCUT2D eigenvalue weighted by Crippen LogP contribution is 2.33. The summed E-state index contributed by atoms with van der Waals surface area (Å²) in [5.41, 5.74) is 5.65. The predicted molar refractivity (Wildman–Crippen MR) is 136 cm³/mol. The molecule has 2 atom stereocenters. The number of anilines is 1. The Kier molecular flexibility index (Phi) is 7.23. The van der Waals surface area contributed by atoms with E-state index in [1.54, 1.807) is 4.68 Å². The van der Waals surface area contributed by atoms with E-state index in [1.165, 1.54) is 31.5 Å². The summed E-state index contributed by atoms with van der Waals surface area (Å²) in [5, 5.41) is 6.98. The van der Waals surface area contributed by atoms with E-state index < -0.39 is 0 Å². The van der Waals surface area contributed by atoms with Gasteiger partial charge in [-0.1, -0.05) is 32.1 Å². The summed E-state index contributed by atoms with van der Waals surface area (Å²) in [5.74, 6) is 3.85. The second-order valence-electron chi connectivity index (χ2n) is 8.05. The molecule has 1 saturated heterocycles. The molecule has 2 aromatic heterocycles. The van der Waals surface area contributed by atoms with Crippen molar-refractivity contribution < 1.29 is 4.79 Å². The number of halogens is 1. The zero-order chi connectivity index (χ0) is 22.7.